The summed E-state index contributed by atoms with van der Waals surface area (Å²) in [6.07, 6.45) is 0. The zero-order valence-corrected chi connectivity index (χ0v) is 21.5. The molecule has 1 unspecified atom stereocenters. The summed E-state index contributed by atoms with van der Waals surface area (Å²) in [5, 5.41) is 0.493. The number of rotatable bonds is 5. The SMILES string of the molecule is Cc1ccc(CN2C(=O)c3oc4c(C)cc(C)cc4c(=O)c3C2c2cccc(Oc3ccccc3)c2)cc1. The third-order valence-electron chi connectivity index (χ3n) is 7.02. The summed E-state index contributed by atoms with van der Waals surface area (Å²) in [6, 6.07) is 28.4. The topological polar surface area (TPSA) is 59.8 Å². The van der Waals surface area contributed by atoms with Gasteiger partial charge < -0.3 is 14.1 Å². The number of carbonyl (C=O) groups excluding carboxylic acids is 1. The van der Waals surface area contributed by atoms with Gasteiger partial charge in [0, 0.05) is 6.54 Å². The first kappa shape index (κ1) is 23.7. The number of aryl methyl sites for hydroxylation is 3. The van der Waals surface area contributed by atoms with E-state index in [9.17, 15) is 9.59 Å². The lowest BCUT2D eigenvalue weighted by Gasteiger charge is -2.25. The molecule has 1 aliphatic rings. The standard InChI is InChI=1S/C33H27NO4/c1-20-12-14-23(15-13-20)19-34-29(24-8-7-11-26(18-24)37-25-9-5-4-6-10-25)28-30(35)27-17-21(2)16-22(3)31(27)38-32(28)33(34)36/h4-18,29H,19H2,1-3H3. The Hall–Kier alpha value is -4.64. The van der Waals surface area contributed by atoms with E-state index in [-0.39, 0.29) is 17.1 Å². The van der Waals surface area contributed by atoms with E-state index in [2.05, 4.69) is 0 Å². The fourth-order valence-corrected chi connectivity index (χ4v) is 5.25. The molecule has 5 nitrogen and oxygen atoms in total. The molecule has 1 aromatic heterocycles. The van der Waals surface area contributed by atoms with Crippen LogP contribution < -0.4 is 10.2 Å². The monoisotopic (exact) mass is 501 g/mol. The largest absolute Gasteiger partial charge is 0.457 e. The molecule has 1 atom stereocenters. The summed E-state index contributed by atoms with van der Waals surface area (Å²) in [5.74, 6) is 1.15. The predicted octanol–water partition coefficient (Wildman–Crippen LogP) is 7.26. The summed E-state index contributed by atoms with van der Waals surface area (Å²) < 4.78 is 12.3. The van der Waals surface area contributed by atoms with Gasteiger partial charge in [0.15, 0.2) is 5.43 Å². The molecule has 5 heteroatoms. The maximum absolute atomic E-state index is 14.0. The minimum Gasteiger partial charge on any atom is -0.457 e. The molecule has 1 aliphatic heterocycles. The van der Waals surface area contributed by atoms with E-state index in [1.54, 1.807) is 4.90 Å². The Morgan fingerprint density at radius 3 is 2.29 bits per heavy atom. The molecule has 1 amide bonds. The summed E-state index contributed by atoms with van der Waals surface area (Å²) in [6.45, 7) is 6.22. The molecule has 0 bridgehead atoms. The van der Waals surface area contributed by atoms with Crippen LogP contribution in [-0.4, -0.2) is 10.8 Å². The molecule has 0 aliphatic carbocycles. The smallest absolute Gasteiger partial charge is 0.291 e. The fourth-order valence-electron chi connectivity index (χ4n) is 5.25. The van der Waals surface area contributed by atoms with Crippen molar-refractivity contribution in [3.05, 3.63) is 140 Å². The number of amides is 1. The lowest BCUT2D eigenvalue weighted by atomic mass is 9.97. The van der Waals surface area contributed by atoms with Crippen LogP contribution in [0.4, 0.5) is 0 Å². The maximum atomic E-state index is 14.0. The molecule has 0 fully saturated rings. The Labute approximate surface area is 220 Å². The van der Waals surface area contributed by atoms with E-state index < -0.39 is 6.04 Å². The van der Waals surface area contributed by atoms with Crippen LogP contribution in [-0.2, 0) is 6.54 Å². The number of hydrogen-bond acceptors (Lipinski definition) is 4. The highest BCUT2D eigenvalue weighted by molar-refractivity contribution is 5.99. The number of ether oxygens (including phenoxy) is 1. The molecule has 188 valence electrons. The number of carbonyl (C=O) groups is 1. The van der Waals surface area contributed by atoms with Gasteiger partial charge in [0.05, 0.1) is 17.0 Å². The van der Waals surface area contributed by atoms with Crippen molar-refractivity contribution in [2.45, 2.75) is 33.4 Å². The lowest BCUT2D eigenvalue weighted by Crippen LogP contribution is -2.29. The lowest BCUT2D eigenvalue weighted by molar-refractivity contribution is 0.0714. The van der Waals surface area contributed by atoms with Gasteiger partial charge in [-0.25, -0.2) is 0 Å². The first-order valence-electron chi connectivity index (χ1n) is 12.7. The van der Waals surface area contributed by atoms with Crippen molar-refractivity contribution in [2.24, 2.45) is 0 Å². The molecule has 0 saturated carbocycles. The number of benzene rings is 4. The number of para-hydroxylation sites is 1. The van der Waals surface area contributed by atoms with E-state index in [1.807, 2.05) is 112 Å². The average molecular weight is 502 g/mol. The Morgan fingerprint density at radius 1 is 0.789 bits per heavy atom. The highest BCUT2D eigenvalue weighted by Crippen LogP contribution is 2.40. The van der Waals surface area contributed by atoms with Crippen molar-refractivity contribution >= 4 is 16.9 Å². The van der Waals surface area contributed by atoms with Crippen LogP contribution in [0.2, 0.25) is 0 Å². The second kappa shape index (κ2) is 9.34. The first-order chi connectivity index (χ1) is 18.4. The van der Waals surface area contributed by atoms with Crippen molar-refractivity contribution in [3.8, 4) is 11.5 Å². The molecule has 38 heavy (non-hydrogen) atoms. The van der Waals surface area contributed by atoms with Crippen molar-refractivity contribution in [1.29, 1.82) is 0 Å². The van der Waals surface area contributed by atoms with E-state index in [0.29, 0.717) is 34.6 Å². The van der Waals surface area contributed by atoms with Crippen molar-refractivity contribution in [2.75, 3.05) is 0 Å². The van der Waals surface area contributed by atoms with Crippen LogP contribution in [0.3, 0.4) is 0 Å². The second-order valence-electron chi connectivity index (χ2n) is 9.94. The Morgan fingerprint density at radius 2 is 1.53 bits per heavy atom. The summed E-state index contributed by atoms with van der Waals surface area (Å²) in [5.41, 5.74) is 5.36. The minimum atomic E-state index is -0.611. The fraction of sp³-hybridized carbons (Fsp3) is 0.152. The van der Waals surface area contributed by atoms with Gasteiger partial charge in [-0.1, -0.05) is 66.2 Å². The number of nitrogens with zero attached hydrogens (tertiary/aromatic N) is 1. The molecular formula is C33H27NO4. The molecule has 2 heterocycles. The van der Waals surface area contributed by atoms with Gasteiger partial charge in [0.2, 0.25) is 5.76 Å². The van der Waals surface area contributed by atoms with Gasteiger partial charge in [-0.15, -0.1) is 0 Å². The molecule has 0 spiro atoms. The molecule has 5 aromatic rings. The zero-order chi connectivity index (χ0) is 26.4. The third-order valence-corrected chi connectivity index (χ3v) is 7.02. The first-order valence-corrected chi connectivity index (χ1v) is 12.7. The van der Waals surface area contributed by atoms with E-state index in [4.69, 9.17) is 9.15 Å². The molecule has 0 N–H and O–H groups in total. The molecule has 4 aromatic carbocycles. The van der Waals surface area contributed by atoms with Gasteiger partial charge in [-0.2, -0.15) is 0 Å². The van der Waals surface area contributed by atoms with E-state index in [0.717, 1.165) is 27.8 Å². The predicted molar refractivity (Wildman–Crippen MR) is 148 cm³/mol. The summed E-state index contributed by atoms with van der Waals surface area (Å²) >= 11 is 0. The Bertz CT molecular complexity index is 1740. The van der Waals surface area contributed by atoms with Crippen LogP contribution in [0, 0.1) is 20.8 Å². The van der Waals surface area contributed by atoms with Gasteiger partial charge in [-0.05, 0) is 73.4 Å². The second-order valence-corrected chi connectivity index (χ2v) is 9.94. The summed E-state index contributed by atoms with van der Waals surface area (Å²) in [7, 11) is 0. The average Bonchev–Trinajstić information content (AvgIpc) is 3.18. The molecule has 0 radical (unpaired) electrons. The van der Waals surface area contributed by atoms with Gasteiger partial charge >= 0.3 is 0 Å². The Balaban J connectivity index is 1.52. The minimum absolute atomic E-state index is 0.112. The highest BCUT2D eigenvalue weighted by Gasteiger charge is 2.43. The highest BCUT2D eigenvalue weighted by atomic mass is 16.5. The maximum Gasteiger partial charge on any atom is 0.291 e. The van der Waals surface area contributed by atoms with Gasteiger partial charge in [0.25, 0.3) is 5.91 Å². The van der Waals surface area contributed by atoms with E-state index in [1.165, 1.54) is 0 Å². The van der Waals surface area contributed by atoms with Crippen molar-refractivity contribution in [3.63, 3.8) is 0 Å². The third kappa shape index (κ3) is 4.16. The van der Waals surface area contributed by atoms with Crippen LogP contribution in [0.15, 0.2) is 100 Å². The van der Waals surface area contributed by atoms with Crippen LogP contribution in [0.25, 0.3) is 11.0 Å². The van der Waals surface area contributed by atoms with Gasteiger partial charge in [0.1, 0.15) is 17.1 Å². The zero-order valence-electron chi connectivity index (χ0n) is 21.5. The van der Waals surface area contributed by atoms with Crippen molar-refractivity contribution < 1.29 is 13.9 Å². The van der Waals surface area contributed by atoms with Crippen LogP contribution in [0.5, 0.6) is 11.5 Å². The van der Waals surface area contributed by atoms with Crippen LogP contribution in [0.1, 0.15) is 50.0 Å². The van der Waals surface area contributed by atoms with Gasteiger partial charge in [-0.3, -0.25) is 9.59 Å². The number of hydrogen-bond donors (Lipinski definition) is 0. The van der Waals surface area contributed by atoms with Crippen molar-refractivity contribution in [1.82, 2.24) is 4.90 Å². The number of fused-ring (bicyclic) bond motifs is 2. The molecular weight excluding hydrogens is 474 g/mol. The summed E-state index contributed by atoms with van der Waals surface area (Å²) in [4.78, 5) is 29.6. The quantitative estimate of drug-likeness (QED) is 0.254. The molecule has 0 saturated heterocycles. The van der Waals surface area contributed by atoms with Crippen LogP contribution >= 0.6 is 0 Å². The molecule has 6 rings (SSSR count). The van der Waals surface area contributed by atoms with E-state index >= 15 is 0 Å². The Kier molecular flexibility index (Phi) is 5.84. The normalized spacial score (nSPS) is 14.7.